The summed E-state index contributed by atoms with van der Waals surface area (Å²) in [4.78, 5) is 14.3. The van der Waals surface area contributed by atoms with Gasteiger partial charge in [-0.25, -0.2) is 0 Å². The Morgan fingerprint density at radius 2 is 1.89 bits per heavy atom. The number of fused-ring (bicyclic) bond motifs is 1. The zero-order chi connectivity index (χ0) is 12.5. The molecule has 0 radical (unpaired) electrons. The van der Waals surface area contributed by atoms with Gasteiger partial charge in [0.1, 0.15) is 5.58 Å². The largest absolute Gasteiger partial charge is 0.440 e. The average molecular weight is 243 g/mol. The zero-order valence-electron chi connectivity index (χ0n) is 10.6. The average Bonchev–Trinajstić information content (AvgIpc) is 2.40. The predicted octanol–water partition coefficient (Wildman–Crippen LogP) is 3.09. The third kappa shape index (κ3) is 2.01. The molecule has 3 rings (SSSR count). The highest BCUT2D eigenvalue weighted by Gasteiger charge is 2.14. The Bertz CT molecular complexity index is 624. The highest BCUT2D eigenvalue weighted by atomic mass is 16.4. The third-order valence-corrected chi connectivity index (χ3v) is 3.54. The molecule has 0 spiro atoms. The van der Waals surface area contributed by atoms with Crippen molar-refractivity contribution < 1.29 is 4.42 Å². The summed E-state index contributed by atoms with van der Waals surface area (Å²) in [7, 11) is 0. The van der Waals surface area contributed by atoms with Gasteiger partial charge in [0, 0.05) is 19.2 Å². The van der Waals surface area contributed by atoms with E-state index in [0.29, 0.717) is 11.0 Å². The van der Waals surface area contributed by atoms with E-state index < -0.39 is 0 Å². The van der Waals surface area contributed by atoms with Crippen LogP contribution in [0.15, 0.2) is 33.5 Å². The molecular weight excluding hydrogens is 226 g/mol. The monoisotopic (exact) mass is 243 g/mol. The molecule has 0 bridgehead atoms. The van der Waals surface area contributed by atoms with Crippen molar-refractivity contribution in [1.82, 2.24) is 0 Å². The van der Waals surface area contributed by atoms with Crippen LogP contribution in [-0.2, 0) is 0 Å². The maximum Gasteiger partial charge on any atom is 0.199 e. The van der Waals surface area contributed by atoms with E-state index in [-0.39, 0.29) is 5.43 Å². The molecule has 0 saturated carbocycles. The van der Waals surface area contributed by atoms with Gasteiger partial charge in [-0.2, -0.15) is 0 Å². The number of hydrogen-bond donors (Lipinski definition) is 0. The van der Waals surface area contributed by atoms with Crippen molar-refractivity contribution in [1.29, 1.82) is 0 Å². The summed E-state index contributed by atoms with van der Waals surface area (Å²) in [5.74, 6) is 0.719. The molecule has 1 aliphatic heterocycles. The number of hydrogen-bond acceptors (Lipinski definition) is 3. The smallest absolute Gasteiger partial charge is 0.199 e. The van der Waals surface area contributed by atoms with Crippen molar-refractivity contribution in [2.24, 2.45) is 0 Å². The van der Waals surface area contributed by atoms with Gasteiger partial charge in [-0.05, 0) is 38.3 Å². The third-order valence-electron chi connectivity index (χ3n) is 3.54. The number of piperidine rings is 1. The minimum absolute atomic E-state index is 0.0560. The second-order valence-electron chi connectivity index (χ2n) is 5.00. The van der Waals surface area contributed by atoms with Crippen LogP contribution < -0.4 is 10.3 Å². The van der Waals surface area contributed by atoms with Gasteiger partial charge in [-0.1, -0.05) is 11.6 Å². The van der Waals surface area contributed by atoms with Crippen molar-refractivity contribution in [3.8, 4) is 0 Å². The lowest BCUT2D eigenvalue weighted by molar-refractivity contribution is 0.512. The van der Waals surface area contributed by atoms with Gasteiger partial charge in [0.25, 0.3) is 0 Å². The molecule has 0 N–H and O–H groups in total. The molecule has 1 saturated heterocycles. The molecule has 0 unspecified atom stereocenters. The molecule has 2 heterocycles. The molecule has 3 heteroatoms. The van der Waals surface area contributed by atoms with Gasteiger partial charge in [0.05, 0.1) is 5.39 Å². The lowest BCUT2D eigenvalue weighted by atomic mass is 10.1. The molecule has 1 aliphatic rings. The van der Waals surface area contributed by atoms with Crippen molar-refractivity contribution in [3.05, 3.63) is 40.1 Å². The van der Waals surface area contributed by atoms with Crippen molar-refractivity contribution in [2.75, 3.05) is 18.0 Å². The van der Waals surface area contributed by atoms with Crippen molar-refractivity contribution >= 4 is 16.9 Å². The van der Waals surface area contributed by atoms with Gasteiger partial charge in [0.2, 0.25) is 0 Å². The molecule has 18 heavy (non-hydrogen) atoms. The van der Waals surface area contributed by atoms with E-state index in [0.717, 1.165) is 24.5 Å². The molecule has 0 aliphatic carbocycles. The summed E-state index contributed by atoms with van der Waals surface area (Å²) in [5, 5.41) is 0.677. The molecule has 1 fully saturated rings. The van der Waals surface area contributed by atoms with Gasteiger partial charge in [0.15, 0.2) is 11.3 Å². The van der Waals surface area contributed by atoms with E-state index in [1.807, 2.05) is 25.1 Å². The Morgan fingerprint density at radius 1 is 1.11 bits per heavy atom. The van der Waals surface area contributed by atoms with Gasteiger partial charge >= 0.3 is 0 Å². The number of aryl methyl sites for hydroxylation is 1. The van der Waals surface area contributed by atoms with Crippen LogP contribution in [0.4, 0.5) is 5.88 Å². The number of rotatable bonds is 1. The fourth-order valence-corrected chi connectivity index (χ4v) is 2.53. The fourth-order valence-electron chi connectivity index (χ4n) is 2.53. The van der Waals surface area contributed by atoms with Gasteiger partial charge in [-0.3, -0.25) is 4.79 Å². The van der Waals surface area contributed by atoms with Crippen LogP contribution in [0, 0.1) is 6.92 Å². The van der Waals surface area contributed by atoms with E-state index in [9.17, 15) is 4.79 Å². The van der Waals surface area contributed by atoms with E-state index >= 15 is 0 Å². The fraction of sp³-hybridized carbons (Fsp3) is 0.400. The minimum Gasteiger partial charge on any atom is -0.440 e. The van der Waals surface area contributed by atoms with E-state index in [2.05, 4.69) is 4.90 Å². The Labute approximate surface area is 106 Å². The van der Waals surface area contributed by atoms with Crippen LogP contribution in [0.3, 0.4) is 0 Å². The Hall–Kier alpha value is -1.77. The normalized spacial score (nSPS) is 16.2. The molecular formula is C15H17NO2. The molecule has 3 nitrogen and oxygen atoms in total. The first-order chi connectivity index (χ1) is 8.74. The Morgan fingerprint density at radius 3 is 2.67 bits per heavy atom. The maximum absolute atomic E-state index is 12.1. The van der Waals surface area contributed by atoms with E-state index in [1.54, 1.807) is 6.07 Å². The van der Waals surface area contributed by atoms with Gasteiger partial charge in [-0.15, -0.1) is 0 Å². The first-order valence-corrected chi connectivity index (χ1v) is 6.53. The van der Waals surface area contributed by atoms with Gasteiger partial charge < -0.3 is 9.32 Å². The van der Waals surface area contributed by atoms with E-state index in [4.69, 9.17) is 4.42 Å². The Balaban J connectivity index is 2.09. The van der Waals surface area contributed by atoms with Crippen LogP contribution in [0.2, 0.25) is 0 Å². The molecule has 1 aromatic heterocycles. The highest BCUT2D eigenvalue weighted by molar-refractivity contribution is 5.78. The minimum atomic E-state index is 0.0560. The highest BCUT2D eigenvalue weighted by Crippen LogP contribution is 2.22. The molecule has 1 aromatic carbocycles. The topological polar surface area (TPSA) is 33.5 Å². The molecule has 94 valence electrons. The standard InChI is InChI=1S/C15H17NO2/c1-11-5-6-14-12(9-11)13(17)10-15(18-14)16-7-3-2-4-8-16/h5-6,9-10H,2-4,7-8H2,1H3. The van der Waals surface area contributed by atoms with Crippen LogP contribution >= 0.6 is 0 Å². The first-order valence-electron chi connectivity index (χ1n) is 6.53. The summed E-state index contributed by atoms with van der Waals surface area (Å²) in [6.07, 6.45) is 3.62. The maximum atomic E-state index is 12.1. The Kier molecular flexibility index (Phi) is 2.82. The molecule has 0 amide bonds. The second-order valence-corrected chi connectivity index (χ2v) is 5.00. The van der Waals surface area contributed by atoms with Crippen molar-refractivity contribution in [2.45, 2.75) is 26.2 Å². The summed E-state index contributed by atoms with van der Waals surface area (Å²) < 4.78 is 5.86. The second kappa shape index (κ2) is 4.48. The SMILES string of the molecule is Cc1ccc2oc(N3CCCCC3)cc(=O)c2c1. The van der Waals surface area contributed by atoms with Crippen LogP contribution in [0.25, 0.3) is 11.0 Å². The van der Waals surface area contributed by atoms with Crippen molar-refractivity contribution in [3.63, 3.8) is 0 Å². The van der Waals surface area contributed by atoms with Crippen LogP contribution in [0.1, 0.15) is 24.8 Å². The lowest BCUT2D eigenvalue weighted by Crippen LogP contribution is -2.30. The quantitative estimate of drug-likeness (QED) is 0.771. The summed E-state index contributed by atoms with van der Waals surface area (Å²) in [6.45, 7) is 3.96. The summed E-state index contributed by atoms with van der Waals surface area (Å²) >= 11 is 0. The number of nitrogens with zero attached hydrogens (tertiary/aromatic N) is 1. The number of anilines is 1. The van der Waals surface area contributed by atoms with E-state index in [1.165, 1.54) is 19.3 Å². The lowest BCUT2D eigenvalue weighted by Gasteiger charge is -2.27. The molecule has 2 aromatic rings. The number of benzene rings is 1. The summed E-state index contributed by atoms with van der Waals surface area (Å²) in [5.41, 5.74) is 1.83. The van der Waals surface area contributed by atoms with Crippen LogP contribution in [0.5, 0.6) is 0 Å². The first kappa shape index (κ1) is 11.3. The predicted molar refractivity (Wildman–Crippen MR) is 73.3 cm³/mol. The molecule has 0 atom stereocenters. The summed E-state index contributed by atoms with van der Waals surface area (Å²) in [6, 6.07) is 7.39. The zero-order valence-corrected chi connectivity index (χ0v) is 10.6. The van der Waals surface area contributed by atoms with Crippen LogP contribution in [-0.4, -0.2) is 13.1 Å².